The average molecular weight is 356 g/mol. The van der Waals surface area contributed by atoms with E-state index in [2.05, 4.69) is 4.90 Å². The zero-order valence-electron chi connectivity index (χ0n) is 14.9. The number of halogens is 1. The Morgan fingerprint density at radius 1 is 1.15 bits per heavy atom. The first-order valence-electron chi connectivity index (χ1n) is 9.37. The highest BCUT2D eigenvalue weighted by molar-refractivity contribution is 5.73. The number of nitrogens with two attached hydrogens (primary N) is 1. The molecule has 0 amide bonds. The number of hydrogen-bond donors (Lipinski definition) is 1. The van der Waals surface area contributed by atoms with Crippen molar-refractivity contribution >= 4 is 0 Å². The zero-order valence-corrected chi connectivity index (χ0v) is 14.9. The summed E-state index contributed by atoms with van der Waals surface area (Å²) in [6, 6.07) is 10.9. The molecule has 0 spiro atoms. The fourth-order valence-electron chi connectivity index (χ4n) is 3.77. The Kier molecular flexibility index (Phi) is 5.09. The minimum atomic E-state index is -0.244. The van der Waals surface area contributed by atoms with Gasteiger partial charge in [-0.1, -0.05) is 12.1 Å². The third-order valence-electron chi connectivity index (χ3n) is 5.17. The lowest BCUT2D eigenvalue weighted by Crippen LogP contribution is -2.25. The molecule has 0 saturated carbocycles. The smallest absolute Gasteiger partial charge is 0.131 e. The molecule has 1 unspecified atom stereocenters. The minimum absolute atomic E-state index is 0.0706. The first-order chi connectivity index (χ1) is 12.7. The van der Waals surface area contributed by atoms with Gasteiger partial charge in [0.25, 0.3) is 0 Å². The summed E-state index contributed by atoms with van der Waals surface area (Å²) in [6.07, 6.45) is 3.17. The molecule has 0 radical (unpaired) electrons. The van der Waals surface area contributed by atoms with Gasteiger partial charge in [0.1, 0.15) is 30.0 Å². The molecule has 1 fully saturated rings. The Hall–Kier alpha value is -2.11. The van der Waals surface area contributed by atoms with Crippen molar-refractivity contribution in [1.29, 1.82) is 0 Å². The predicted molar refractivity (Wildman–Crippen MR) is 100 cm³/mol. The van der Waals surface area contributed by atoms with Crippen LogP contribution < -0.4 is 15.2 Å². The van der Waals surface area contributed by atoms with Crippen molar-refractivity contribution in [2.45, 2.75) is 25.4 Å². The lowest BCUT2D eigenvalue weighted by Gasteiger charge is -2.15. The molecule has 2 aromatic carbocycles. The Morgan fingerprint density at radius 2 is 1.92 bits per heavy atom. The average Bonchev–Trinajstić information content (AvgIpc) is 3.31. The van der Waals surface area contributed by atoms with E-state index in [4.69, 9.17) is 15.2 Å². The summed E-state index contributed by atoms with van der Waals surface area (Å²) in [4.78, 5) is 2.43. The second-order valence-corrected chi connectivity index (χ2v) is 7.04. The second-order valence-electron chi connectivity index (χ2n) is 7.04. The molecular weight excluding hydrogens is 331 g/mol. The summed E-state index contributed by atoms with van der Waals surface area (Å²) in [5, 5.41) is 0. The van der Waals surface area contributed by atoms with Crippen LogP contribution in [0.25, 0.3) is 11.1 Å². The number of hydrogen-bond acceptors (Lipinski definition) is 4. The molecular formula is C21H25FN2O2. The van der Waals surface area contributed by atoms with Crippen molar-refractivity contribution < 1.29 is 13.9 Å². The first-order valence-corrected chi connectivity index (χ1v) is 9.37. The van der Waals surface area contributed by atoms with Crippen LogP contribution in [0.4, 0.5) is 4.39 Å². The van der Waals surface area contributed by atoms with Crippen LogP contribution in [0.1, 0.15) is 18.4 Å². The van der Waals surface area contributed by atoms with Crippen LogP contribution in [0.5, 0.6) is 11.5 Å². The lowest BCUT2D eigenvalue weighted by atomic mass is 10.00. The standard InChI is InChI=1S/C21H25FN2O2/c22-17-11-16-12-19(14-23)26-21(16)20(13-17)15-3-5-18(6-4-15)25-10-9-24-7-1-2-8-24/h3-6,11,13,19H,1-2,7-10,12,14,23H2. The largest absolute Gasteiger partial charge is 0.492 e. The van der Waals surface area contributed by atoms with Gasteiger partial charge in [0, 0.05) is 30.6 Å². The van der Waals surface area contributed by atoms with Gasteiger partial charge in [-0.05, 0) is 55.8 Å². The van der Waals surface area contributed by atoms with Gasteiger partial charge in [-0.2, -0.15) is 0 Å². The Balaban J connectivity index is 1.45. The van der Waals surface area contributed by atoms with Gasteiger partial charge in [0.2, 0.25) is 0 Å². The number of fused-ring (bicyclic) bond motifs is 1. The number of likely N-dealkylation sites (tertiary alicyclic amines) is 1. The molecule has 4 rings (SSSR count). The van der Waals surface area contributed by atoms with E-state index in [-0.39, 0.29) is 11.9 Å². The second kappa shape index (κ2) is 7.64. The van der Waals surface area contributed by atoms with E-state index in [0.717, 1.165) is 34.7 Å². The van der Waals surface area contributed by atoms with Gasteiger partial charge in [-0.25, -0.2) is 4.39 Å². The van der Waals surface area contributed by atoms with Crippen molar-refractivity contribution in [1.82, 2.24) is 4.90 Å². The van der Waals surface area contributed by atoms with Crippen molar-refractivity contribution in [3.05, 3.63) is 47.8 Å². The van der Waals surface area contributed by atoms with E-state index in [1.165, 1.54) is 32.0 Å². The van der Waals surface area contributed by atoms with E-state index in [1.807, 2.05) is 24.3 Å². The molecule has 2 N–H and O–H groups in total. The van der Waals surface area contributed by atoms with Crippen molar-refractivity contribution in [2.75, 3.05) is 32.8 Å². The minimum Gasteiger partial charge on any atom is -0.492 e. The third kappa shape index (κ3) is 3.69. The summed E-state index contributed by atoms with van der Waals surface area (Å²) in [5.74, 6) is 1.34. The molecule has 2 heterocycles. The van der Waals surface area contributed by atoms with E-state index in [9.17, 15) is 4.39 Å². The molecule has 2 aliphatic heterocycles. The maximum absolute atomic E-state index is 14.0. The molecule has 0 bridgehead atoms. The Bertz CT molecular complexity index is 757. The molecule has 2 aliphatic rings. The maximum Gasteiger partial charge on any atom is 0.131 e. The first kappa shape index (κ1) is 17.3. The van der Waals surface area contributed by atoms with E-state index in [0.29, 0.717) is 19.6 Å². The molecule has 1 saturated heterocycles. The van der Waals surface area contributed by atoms with Crippen LogP contribution >= 0.6 is 0 Å². The normalized spacial score (nSPS) is 19.4. The van der Waals surface area contributed by atoms with E-state index < -0.39 is 0 Å². The van der Waals surface area contributed by atoms with Gasteiger partial charge in [0.15, 0.2) is 0 Å². The predicted octanol–water partition coefficient (Wildman–Crippen LogP) is 3.23. The highest BCUT2D eigenvalue weighted by atomic mass is 19.1. The van der Waals surface area contributed by atoms with Crippen molar-refractivity contribution in [3.63, 3.8) is 0 Å². The summed E-state index contributed by atoms with van der Waals surface area (Å²) < 4.78 is 25.8. The fourth-order valence-corrected chi connectivity index (χ4v) is 3.77. The molecule has 0 aliphatic carbocycles. The zero-order chi connectivity index (χ0) is 17.9. The summed E-state index contributed by atoms with van der Waals surface area (Å²) >= 11 is 0. The fraction of sp³-hybridized carbons (Fsp3) is 0.429. The van der Waals surface area contributed by atoms with Crippen molar-refractivity contribution in [2.24, 2.45) is 5.73 Å². The molecule has 138 valence electrons. The molecule has 1 atom stereocenters. The number of rotatable bonds is 6. The van der Waals surface area contributed by atoms with E-state index in [1.54, 1.807) is 6.07 Å². The molecule has 26 heavy (non-hydrogen) atoms. The van der Waals surface area contributed by atoms with Crippen molar-refractivity contribution in [3.8, 4) is 22.6 Å². The molecule has 5 heteroatoms. The number of ether oxygens (including phenoxy) is 2. The molecule has 4 nitrogen and oxygen atoms in total. The Morgan fingerprint density at radius 3 is 2.65 bits per heavy atom. The van der Waals surface area contributed by atoms with Crippen LogP contribution in [0, 0.1) is 5.82 Å². The van der Waals surface area contributed by atoms with Gasteiger partial charge in [-0.3, -0.25) is 4.90 Å². The topological polar surface area (TPSA) is 47.7 Å². The Labute approximate surface area is 153 Å². The molecule has 2 aromatic rings. The summed E-state index contributed by atoms with van der Waals surface area (Å²) in [7, 11) is 0. The van der Waals surface area contributed by atoms with Gasteiger partial charge in [0.05, 0.1) is 0 Å². The quantitative estimate of drug-likeness (QED) is 0.863. The SMILES string of the molecule is NCC1Cc2cc(F)cc(-c3ccc(OCCN4CCCC4)cc3)c2O1. The van der Waals surface area contributed by atoms with Crippen LogP contribution in [-0.4, -0.2) is 43.8 Å². The van der Waals surface area contributed by atoms with Gasteiger partial charge >= 0.3 is 0 Å². The highest BCUT2D eigenvalue weighted by Gasteiger charge is 2.26. The van der Waals surface area contributed by atoms with Gasteiger partial charge in [-0.15, -0.1) is 0 Å². The van der Waals surface area contributed by atoms with Crippen LogP contribution in [-0.2, 0) is 6.42 Å². The van der Waals surface area contributed by atoms with E-state index >= 15 is 0 Å². The monoisotopic (exact) mass is 356 g/mol. The third-order valence-corrected chi connectivity index (χ3v) is 5.17. The van der Waals surface area contributed by atoms with Crippen LogP contribution in [0.15, 0.2) is 36.4 Å². The maximum atomic E-state index is 14.0. The lowest BCUT2D eigenvalue weighted by molar-refractivity contribution is 0.238. The van der Waals surface area contributed by atoms with Crippen LogP contribution in [0.2, 0.25) is 0 Å². The summed E-state index contributed by atoms with van der Waals surface area (Å²) in [5.41, 5.74) is 8.30. The van der Waals surface area contributed by atoms with Crippen LogP contribution in [0.3, 0.4) is 0 Å². The highest BCUT2D eigenvalue weighted by Crippen LogP contribution is 2.39. The van der Waals surface area contributed by atoms with Gasteiger partial charge < -0.3 is 15.2 Å². The molecule has 0 aromatic heterocycles. The number of nitrogens with zero attached hydrogens (tertiary/aromatic N) is 1. The summed E-state index contributed by atoms with van der Waals surface area (Å²) in [6.45, 7) is 4.44. The number of benzene rings is 2.